The molecule has 0 aromatic carbocycles. The Labute approximate surface area is 91.2 Å². The van der Waals surface area contributed by atoms with Gasteiger partial charge in [0.25, 0.3) is 0 Å². The zero-order chi connectivity index (χ0) is 11.0. The second kappa shape index (κ2) is 3.86. The van der Waals surface area contributed by atoms with Gasteiger partial charge in [-0.1, -0.05) is 12.2 Å². The van der Waals surface area contributed by atoms with Gasteiger partial charge < -0.3 is 9.67 Å². The number of aliphatic hydroxyl groups excluding tert-OH is 1. The molecule has 0 fully saturated rings. The third kappa shape index (κ3) is 1.86. The molecule has 1 aliphatic rings. The van der Waals surface area contributed by atoms with Crippen LogP contribution < -0.4 is 0 Å². The lowest BCUT2D eigenvalue weighted by molar-refractivity contribution is 0.155. The molecule has 1 atom stereocenters. The van der Waals surface area contributed by atoms with Crippen molar-refractivity contribution in [3.8, 4) is 0 Å². The molecule has 0 saturated carbocycles. The van der Waals surface area contributed by atoms with Crippen molar-refractivity contribution in [2.75, 3.05) is 0 Å². The number of nitrogens with zero attached hydrogens (tertiary/aromatic N) is 1. The zero-order valence-electron chi connectivity index (χ0n) is 9.58. The average molecular weight is 205 g/mol. The van der Waals surface area contributed by atoms with Gasteiger partial charge in [0.1, 0.15) is 0 Å². The van der Waals surface area contributed by atoms with Crippen molar-refractivity contribution in [3.63, 3.8) is 0 Å². The molecule has 2 nitrogen and oxygen atoms in total. The molecular weight excluding hydrogens is 186 g/mol. The summed E-state index contributed by atoms with van der Waals surface area (Å²) in [6.45, 7) is 8.99. The molecule has 0 saturated heterocycles. The Kier molecular flexibility index (Phi) is 2.70. The first-order valence-corrected chi connectivity index (χ1v) is 5.61. The highest BCUT2D eigenvalue weighted by molar-refractivity contribution is 5.32. The Bertz CT molecular complexity index is 389. The summed E-state index contributed by atoms with van der Waals surface area (Å²) in [6.07, 6.45) is 2.84. The fourth-order valence-corrected chi connectivity index (χ4v) is 2.43. The average Bonchev–Trinajstić information content (AvgIpc) is 2.45. The molecule has 1 unspecified atom stereocenters. The van der Waals surface area contributed by atoms with Gasteiger partial charge in [0, 0.05) is 23.5 Å². The molecule has 82 valence electrons. The highest BCUT2D eigenvalue weighted by atomic mass is 16.3. The SMILES string of the molecule is C=C(C)Cn1c(C)cc2c1CCCC2O. The molecule has 2 heteroatoms. The van der Waals surface area contributed by atoms with Gasteiger partial charge in [0.05, 0.1) is 6.10 Å². The number of hydrogen-bond acceptors (Lipinski definition) is 1. The maximum atomic E-state index is 9.90. The minimum atomic E-state index is -0.251. The van der Waals surface area contributed by atoms with Crippen LogP contribution in [0.15, 0.2) is 18.2 Å². The van der Waals surface area contributed by atoms with Crippen molar-refractivity contribution in [1.82, 2.24) is 4.57 Å². The van der Waals surface area contributed by atoms with Crippen LogP contribution in [0.25, 0.3) is 0 Å². The van der Waals surface area contributed by atoms with E-state index in [-0.39, 0.29) is 6.10 Å². The summed E-state index contributed by atoms with van der Waals surface area (Å²) in [5.74, 6) is 0. The number of hydrogen-bond donors (Lipinski definition) is 1. The van der Waals surface area contributed by atoms with Crippen LogP contribution in [-0.4, -0.2) is 9.67 Å². The number of aryl methyl sites for hydroxylation is 1. The van der Waals surface area contributed by atoms with Crippen LogP contribution in [-0.2, 0) is 13.0 Å². The fourth-order valence-electron chi connectivity index (χ4n) is 2.43. The van der Waals surface area contributed by atoms with Crippen LogP contribution in [0.1, 0.15) is 42.8 Å². The van der Waals surface area contributed by atoms with E-state index in [4.69, 9.17) is 0 Å². The number of fused-ring (bicyclic) bond motifs is 1. The van der Waals surface area contributed by atoms with E-state index in [1.54, 1.807) is 0 Å². The summed E-state index contributed by atoms with van der Waals surface area (Å²) in [5.41, 5.74) is 4.86. The molecule has 0 bridgehead atoms. The minimum absolute atomic E-state index is 0.251. The van der Waals surface area contributed by atoms with Gasteiger partial charge in [-0.25, -0.2) is 0 Å². The van der Waals surface area contributed by atoms with E-state index in [0.29, 0.717) is 0 Å². The van der Waals surface area contributed by atoms with E-state index in [9.17, 15) is 5.11 Å². The highest BCUT2D eigenvalue weighted by Gasteiger charge is 2.22. The Morgan fingerprint density at radius 3 is 3.07 bits per heavy atom. The second-order valence-electron chi connectivity index (χ2n) is 4.64. The first-order chi connectivity index (χ1) is 7.09. The van der Waals surface area contributed by atoms with Gasteiger partial charge in [-0.2, -0.15) is 0 Å². The summed E-state index contributed by atoms with van der Waals surface area (Å²) in [4.78, 5) is 0. The van der Waals surface area contributed by atoms with Crippen LogP contribution in [0, 0.1) is 6.92 Å². The Morgan fingerprint density at radius 2 is 2.40 bits per heavy atom. The molecule has 1 aromatic heterocycles. The lowest BCUT2D eigenvalue weighted by Crippen LogP contribution is -2.12. The molecule has 0 radical (unpaired) electrons. The summed E-state index contributed by atoms with van der Waals surface area (Å²) in [5, 5.41) is 9.90. The summed E-state index contributed by atoms with van der Waals surface area (Å²) in [6, 6.07) is 2.13. The molecule has 1 aromatic rings. The summed E-state index contributed by atoms with van der Waals surface area (Å²) in [7, 11) is 0. The van der Waals surface area contributed by atoms with E-state index in [1.807, 2.05) is 6.92 Å². The maximum Gasteiger partial charge on any atom is 0.0807 e. The van der Waals surface area contributed by atoms with Gasteiger partial charge in [-0.3, -0.25) is 0 Å². The number of aromatic nitrogens is 1. The number of aliphatic hydroxyl groups is 1. The Morgan fingerprint density at radius 1 is 1.67 bits per heavy atom. The van der Waals surface area contributed by atoms with E-state index in [1.165, 1.54) is 11.4 Å². The molecule has 1 N–H and O–H groups in total. The van der Waals surface area contributed by atoms with Gasteiger partial charge in [-0.05, 0) is 39.2 Å². The molecule has 2 rings (SSSR count). The maximum absolute atomic E-state index is 9.90. The van der Waals surface area contributed by atoms with Crippen LogP contribution in [0.5, 0.6) is 0 Å². The molecule has 1 aliphatic carbocycles. The van der Waals surface area contributed by atoms with Crippen molar-refractivity contribution >= 4 is 0 Å². The third-order valence-corrected chi connectivity index (χ3v) is 3.13. The fraction of sp³-hybridized carbons (Fsp3) is 0.538. The van der Waals surface area contributed by atoms with Crippen molar-refractivity contribution in [3.05, 3.63) is 35.2 Å². The topological polar surface area (TPSA) is 25.2 Å². The van der Waals surface area contributed by atoms with Gasteiger partial charge in [-0.15, -0.1) is 0 Å². The predicted molar refractivity (Wildman–Crippen MR) is 61.9 cm³/mol. The number of rotatable bonds is 2. The molecule has 1 heterocycles. The normalized spacial score (nSPS) is 20.1. The van der Waals surface area contributed by atoms with Crippen LogP contribution >= 0.6 is 0 Å². The molecule has 0 spiro atoms. The smallest absolute Gasteiger partial charge is 0.0807 e. The van der Waals surface area contributed by atoms with Crippen molar-refractivity contribution in [2.24, 2.45) is 0 Å². The van der Waals surface area contributed by atoms with Crippen LogP contribution in [0.4, 0.5) is 0 Å². The Hall–Kier alpha value is -1.02. The first-order valence-electron chi connectivity index (χ1n) is 5.61. The zero-order valence-corrected chi connectivity index (χ0v) is 9.58. The van der Waals surface area contributed by atoms with Crippen molar-refractivity contribution in [2.45, 2.75) is 45.8 Å². The Balaban J connectivity index is 2.42. The lowest BCUT2D eigenvalue weighted by atomic mass is 9.95. The van der Waals surface area contributed by atoms with E-state index >= 15 is 0 Å². The van der Waals surface area contributed by atoms with E-state index in [2.05, 4.69) is 24.1 Å². The second-order valence-corrected chi connectivity index (χ2v) is 4.64. The molecule has 15 heavy (non-hydrogen) atoms. The summed E-state index contributed by atoms with van der Waals surface area (Å²) >= 11 is 0. The molecule has 0 amide bonds. The lowest BCUT2D eigenvalue weighted by Gasteiger charge is -2.20. The van der Waals surface area contributed by atoms with Crippen molar-refractivity contribution < 1.29 is 5.11 Å². The molecular formula is C13H19NO. The van der Waals surface area contributed by atoms with Gasteiger partial charge >= 0.3 is 0 Å². The minimum Gasteiger partial charge on any atom is -0.388 e. The monoisotopic (exact) mass is 205 g/mol. The van der Waals surface area contributed by atoms with Crippen LogP contribution in [0.3, 0.4) is 0 Å². The van der Waals surface area contributed by atoms with Gasteiger partial charge in [0.2, 0.25) is 0 Å². The van der Waals surface area contributed by atoms with E-state index in [0.717, 1.165) is 36.9 Å². The number of allylic oxidation sites excluding steroid dienone is 1. The van der Waals surface area contributed by atoms with Gasteiger partial charge in [0.15, 0.2) is 0 Å². The van der Waals surface area contributed by atoms with Crippen LogP contribution in [0.2, 0.25) is 0 Å². The van der Waals surface area contributed by atoms with E-state index < -0.39 is 0 Å². The standard InChI is InChI=1S/C13H19NO/c1-9(2)8-14-10(3)7-11-12(14)5-4-6-13(11)15/h7,13,15H,1,4-6,8H2,2-3H3. The first kappa shape index (κ1) is 10.5. The summed E-state index contributed by atoms with van der Waals surface area (Å²) < 4.78 is 2.29. The largest absolute Gasteiger partial charge is 0.388 e. The third-order valence-electron chi connectivity index (χ3n) is 3.13. The highest BCUT2D eigenvalue weighted by Crippen LogP contribution is 2.32. The molecule has 0 aliphatic heterocycles. The quantitative estimate of drug-likeness (QED) is 0.738. The predicted octanol–water partition coefficient (Wildman–Crippen LogP) is 2.74. The van der Waals surface area contributed by atoms with Crippen molar-refractivity contribution in [1.29, 1.82) is 0 Å².